The van der Waals surface area contributed by atoms with Crippen LogP contribution in [-0.4, -0.2) is 64.0 Å². The number of carbonyl (C=O) groups is 3. The van der Waals surface area contributed by atoms with Crippen LogP contribution in [-0.2, 0) is 23.8 Å². The summed E-state index contributed by atoms with van der Waals surface area (Å²) < 4.78 is 45.7. The molecule has 0 aliphatic carbocycles. The fraction of sp³-hybridized carbons (Fsp3) is 0.536. The third-order valence-electron chi connectivity index (χ3n) is 6.46. The van der Waals surface area contributed by atoms with Gasteiger partial charge in [-0.25, -0.2) is 19.1 Å². The number of anilines is 2. The summed E-state index contributed by atoms with van der Waals surface area (Å²) in [4.78, 5) is 52.0. The van der Waals surface area contributed by atoms with Crippen molar-refractivity contribution in [1.29, 1.82) is 0 Å². The van der Waals surface area contributed by atoms with E-state index in [2.05, 4.69) is 15.6 Å². The number of hydrogen-bond acceptors (Lipinski definition) is 9. The van der Waals surface area contributed by atoms with Crippen LogP contribution in [0, 0.1) is 0 Å². The number of amides is 2. The minimum absolute atomic E-state index is 0.00905. The van der Waals surface area contributed by atoms with E-state index >= 15 is 8.78 Å². The monoisotopic (exact) mass is 594 g/mol. The molecular weight excluding hydrogens is 558 g/mol. The summed E-state index contributed by atoms with van der Waals surface area (Å²) in [5, 5.41) is 15.2. The first kappa shape index (κ1) is 32.6. The quantitative estimate of drug-likeness (QED) is 0.205. The van der Waals surface area contributed by atoms with E-state index < -0.39 is 48.7 Å². The summed E-state index contributed by atoms with van der Waals surface area (Å²) >= 11 is 0. The highest BCUT2D eigenvalue weighted by atomic mass is 19.3. The molecule has 0 saturated carbocycles. The maximum absolute atomic E-state index is 15.0. The molecular formula is C28H36F2N4O8. The van der Waals surface area contributed by atoms with Crippen LogP contribution in [0.3, 0.4) is 0 Å². The van der Waals surface area contributed by atoms with Crippen LogP contribution < -0.4 is 16.3 Å². The number of unbranched alkanes of at least 4 members (excludes halogenated alkanes) is 4. The maximum atomic E-state index is 15.0. The zero-order valence-electron chi connectivity index (χ0n) is 23.3. The van der Waals surface area contributed by atoms with E-state index in [9.17, 15) is 24.3 Å². The molecule has 230 valence electrons. The molecule has 0 spiro atoms. The molecule has 12 nitrogen and oxygen atoms in total. The normalized spacial score (nSPS) is 19.2. The second-order valence-electron chi connectivity index (χ2n) is 9.75. The Morgan fingerprint density at radius 3 is 2.45 bits per heavy atom. The van der Waals surface area contributed by atoms with Crippen LogP contribution in [0.1, 0.15) is 64.5 Å². The number of ether oxygens (including phenoxy) is 3. The van der Waals surface area contributed by atoms with Crippen molar-refractivity contribution in [3.05, 3.63) is 53.1 Å². The zero-order chi connectivity index (χ0) is 30.5. The molecule has 1 fully saturated rings. The van der Waals surface area contributed by atoms with E-state index in [1.807, 2.05) is 25.1 Å². The average molecular weight is 595 g/mol. The van der Waals surface area contributed by atoms with Gasteiger partial charge in [0, 0.05) is 24.7 Å². The first-order valence-corrected chi connectivity index (χ1v) is 13.9. The van der Waals surface area contributed by atoms with E-state index in [-0.39, 0.29) is 24.8 Å². The third kappa shape index (κ3) is 9.31. The summed E-state index contributed by atoms with van der Waals surface area (Å²) in [6.07, 6.45) is -2.20. The van der Waals surface area contributed by atoms with Crippen molar-refractivity contribution in [2.75, 3.05) is 23.8 Å². The lowest BCUT2D eigenvalue weighted by Crippen LogP contribution is -2.42. The van der Waals surface area contributed by atoms with Gasteiger partial charge in [0.1, 0.15) is 18.5 Å². The molecule has 2 aromatic rings. The number of hydrogen-bond donors (Lipinski definition) is 3. The van der Waals surface area contributed by atoms with E-state index in [0.29, 0.717) is 43.1 Å². The molecule has 1 saturated heterocycles. The second kappa shape index (κ2) is 15.9. The van der Waals surface area contributed by atoms with Gasteiger partial charge in [0.2, 0.25) is 12.1 Å². The lowest BCUT2D eigenvalue weighted by atomic mass is 10.1. The van der Waals surface area contributed by atoms with Crippen LogP contribution in [0.2, 0.25) is 0 Å². The molecule has 0 unspecified atom stereocenters. The topological polar surface area (TPSA) is 158 Å². The Hall–Kier alpha value is -3.91. The fourth-order valence-corrected chi connectivity index (χ4v) is 4.18. The highest BCUT2D eigenvalue weighted by Crippen LogP contribution is 2.43. The van der Waals surface area contributed by atoms with Gasteiger partial charge < -0.3 is 24.6 Å². The number of rotatable bonds is 15. The van der Waals surface area contributed by atoms with Gasteiger partial charge in [-0.1, -0.05) is 44.4 Å². The van der Waals surface area contributed by atoms with Crippen molar-refractivity contribution in [3.63, 3.8) is 0 Å². The molecule has 3 atom stereocenters. The van der Waals surface area contributed by atoms with Gasteiger partial charge >= 0.3 is 23.7 Å². The van der Waals surface area contributed by atoms with Crippen molar-refractivity contribution in [3.8, 4) is 0 Å². The Morgan fingerprint density at radius 1 is 1.02 bits per heavy atom. The first-order chi connectivity index (χ1) is 20.1. The number of halogens is 2. The number of alkyl halides is 2. The molecule has 42 heavy (non-hydrogen) atoms. The number of aliphatic hydroxyl groups excluding tert-OH is 1. The highest BCUT2D eigenvalue weighted by molar-refractivity contribution is 5.90. The number of aliphatic hydroxyl groups is 1. The van der Waals surface area contributed by atoms with Crippen LogP contribution in [0.5, 0.6) is 0 Å². The minimum atomic E-state index is -3.99. The molecule has 14 heteroatoms. The molecule has 1 aromatic heterocycles. The smallest absolute Gasteiger partial charge is 0.412 e. The standard InChI is InChI=1S/C28H36F2N4O8/c1-2-3-17-40-27(39)33-21-15-16-31-26(38)34(21)25-28(29,30)24(37)20(42-25)18-41-23(36)14-10-5-4-9-13-22(35)32-19-11-7-6-8-12-19/h6-8,11-12,15-16,20,24-25,37H,2-5,9-10,13-14,17-18H2,1H3,(H,32,35)(H,33,39)/t20-,24-,25-/m1/s1. The third-order valence-corrected chi connectivity index (χ3v) is 6.46. The van der Waals surface area contributed by atoms with Gasteiger partial charge in [0.25, 0.3) is 0 Å². The second-order valence-corrected chi connectivity index (χ2v) is 9.75. The molecule has 2 heterocycles. The van der Waals surface area contributed by atoms with Gasteiger partial charge in [-0.2, -0.15) is 8.78 Å². The Morgan fingerprint density at radius 2 is 1.74 bits per heavy atom. The van der Waals surface area contributed by atoms with Crippen molar-refractivity contribution in [2.45, 2.75) is 82.6 Å². The fourth-order valence-electron chi connectivity index (χ4n) is 4.18. The predicted molar refractivity (Wildman–Crippen MR) is 147 cm³/mol. The van der Waals surface area contributed by atoms with E-state index in [4.69, 9.17) is 14.2 Å². The van der Waals surface area contributed by atoms with Crippen molar-refractivity contribution < 1.29 is 42.5 Å². The number of carbonyl (C=O) groups excluding carboxylic acids is 3. The Bertz CT molecular complexity index is 1240. The summed E-state index contributed by atoms with van der Waals surface area (Å²) in [6.45, 7) is 1.30. The van der Waals surface area contributed by atoms with Gasteiger partial charge in [0.15, 0.2) is 6.10 Å². The van der Waals surface area contributed by atoms with Crippen LogP contribution in [0.25, 0.3) is 0 Å². The Labute approximate surface area is 241 Å². The predicted octanol–water partition coefficient (Wildman–Crippen LogP) is 4.01. The Kier molecular flexibility index (Phi) is 12.4. The zero-order valence-corrected chi connectivity index (χ0v) is 23.3. The summed E-state index contributed by atoms with van der Waals surface area (Å²) in [7, 11) is 0. The number of para-hydroxylation sites is 1. The molecule has 1 aliphatic heterocycles. The molecule has 1 aliphatic rings. The van der Waals surface area contributed by atoms with Gasteiger partial charge in [-0.15, -0.1) is 0 Å². The number of esters is 1. The lowest BCUT2D eigenvalue weighted by molar-refractivity contribution is -0.150. The lowest BCUT2D eigenvalue weighted by Gasteiger charge is -2.23. The van der Waals surface area contributed by atoms with E-state index in [1.165, 1.54) is 0 Å². The van der Waals surface area contributed by atoms with Crippen molar-refractivity contribution >= 4 is 29.5 Å². The molecule has 0 radical (unpaired) electrons. The molecule has 0 bridgehead atoms. The van der Waals surface area contributed by atoms with Gasteiger partial charge in [-0.05, 0) is 37.5 Å². The van der Waals surface area contributed by atoms with Crippen LogP contribution in [0.15, 0.2) is 47.4 Å². The highest BCUT2D eigenvalue weighted by Gasteiger charge is 2.60. The van der Waals surface area contributed by atoms with Crippen molar-refractivity contribution in [2.24, 2.45) is 0 Å². The van der Waals surface area contributed by atoms with Crippen molar-refractivity contribution in [1.82, 2.24) is 9.55 Å². The minimum Gasteiger partial charge on any atom is -0.463 e. The molecule has 2 amide bonds. The average Bonchev–Trinajstić information content (AvgIpc) is 3.18. The number of aromatic nitrogens is 2. The molecule has 3 rings (SSSR count). The van der Waals surface area contributed by atoms with Gasteiger partial charge in [0.05, 0.1) is 6.61 Å². The summed E-state index contributed by atoms with van der Waals surface area (Å²) in [6, 6.07) is 10.2. The maximum Gasteiger partial charge on any atom is 0.412 e. The summed E-state index contributed by atoms with van der Waals surface area (Å²) in [5.74, 6) is -5.13. The largest absolute Gasteiger partial charge is 0.463 e. The van der Waals surface area contributed by atoms with E-state index in [1.54, 1.807) is 12.1 Å². The SMILES string of the molecule is CCCCOC(=O)Nc1ccnc(=O)n1[C@@H]1O[C@H](COC(=O)CCCCCCC(=O)Nc2ccccc2)[C@@H](O)C1(F)F. The summed E-state index contributed by atoms with van der Waals surface area (Å²) in [5.41, 5.74) is -0.439. The van der Waals surface area contributed by atoms with E-state index in [0.717, 1.165) is 24.4 Å². The number of nitrogens with zero attached hydrogens (tertiary/aromatic N) is 2. The molecule has 3 N–H and O–H groups in total. The van der Waals surface area contributed by atoms with Crippen LogP contribution >= 0.6 is 0 Å². The number of nitrogens with one attached hydrogen (secondary N) is 2. The Balaban J connectivity index is 1.44. The number of benzene rings is 1. The van der Waals surface area contributed by atoms with Gasteiger partial charge in [-0.3, -0.25) is 14.9 Å². The first-order valence-electron chi connectivity index (χ1n) is 13.9. The molecule has 1 aromatic carbocycles. The van der Waals surface area contributed by atoms with Crippen LogP contribution in [0.4, 0.5) is 25.1 Å².